The summed E-state index contributed by atoms with van der Waals surface area (Å²) in [7, 11) is 0. The summed E-state index contributed by atoms with van der Waals surface area (Å²) in [5, 5.41) is 2.66. The highest BCUT2D eigenvalue weighted by Gasteiger charge is 2.27. The third-order valence-electron chi connectivity index (χ3n) is 3.30. The zero-order chi connectivity index (χ0) is 13.5. The highest BCUT2D eigenvalue weighted by molar-refractivity contribution is 5.88. The predicted molar refractivity (Wildman–Crippen MR) is 67.3 cm³/mol. The van der Waals surface area contributed by atoms with Gasteiger partial charge in [-0.25, -0.2) is 5.48 Å². The summed E-state index contributed by atoms with van der Waals surface area (Å²) >= 11 is 0. The zero-order valence-corrected chi connectivity index (χ0v) is 11.1. The van der Waals surface area contributed by atoms with Crippen molar-refractivity contribution in [1.29, 1.82) is 0 Å². The first-order valence-corrected chi connectivity index (χ1v) is 6.45. The van der Waals surface area contributed by atoms with E-state index in [2.05, 4.69) is 24.6 Å². The van der Waals surface area contributed by atoms with Crippen LogP contribution in [-0.4, -0.2) is 31.0 Å². The highest BCUT2D eigenvalue weighted by atomic mass is 16.7. The molecule has 104 valence electrons. The van der Waals surface area contributed by atoms with Crippen LogP contribution in [-0.2, 0) is 14.4 Å². The number of nitrogens with one attached hydrogen (secondary N) is 2. The quantitative estimate of drug-likeness (QED) is 0.595. The zero-order valence-electron chi connectivity index (χ0n) is 11.1. The third kappa shape index (κ3) is 4.62. The molecule has 1 rings (SSSR count). The number of carbonyl (C=O) groups is 2. The van der Waals surface area contributed by atoms with Crippen molar-refractivity contribution in [2.24, 2.45) is 17.6 Å². The molecule has 1 aliphatic rings. The fraction of sp³-hybridized carbons (Fsp3) is 0.833. The van der Waals surface area contributed by atoms with E-state index in [1.54, 1.807) is 0 Å². The van der Waals surface area contributed by atoms with Crippen molar-refractivity contribution in [2.45, 2.75) is 39.2 Å². The largest absolute Gasteiger partial charge is 0.342 e. The van der Waals surface area contributed by atoms with Gasteiger partial charge in [0.1, 0.15) is 12.6 Å². The van der Waals surface area contributed by atoms with E-state index >= 15 is 0 Å². The van der Waals surface area contributed by atoms with Gasteiger partial charge in [0, 0.05) is 6.42 Å². The summed E-state index contributed by atoms with van der Waals surface area (Å²) in [5.41, 5.74) is 7.76. The second-order valence-electron chi connectivity index (χ2n) is 5.02. The van der Waals surface area contributed by atoms with E-state index < -0.39 is 6.04 Å². The number of carbonyl (C=O) groups excluding carboxylic acids is 2. The molecule has 0 bridgehead atoms. The molecule has 6 nitrogen and oxygen atoms in total. The van der Waals surface area contributed by atoms with Crippen LogP contribution in [0, 0.1) is 11.8 Å². The van der Waals surface area contributed by atoms with Gasteiger partial charge in [-0.15, -0.1) is 0 Å². The Morgan fingerprint density at radius 2 is 2.28 bits per heavy atom. The van der Waals surface area contributed by atoms with Crippen molar-refractivity contribution in [3.63, 3.8) is 0 Å². The fourth-order valence-corrected chi connectivity index (χ4v) is 2.06. The van der Waals surface area contributed by atoms with E-state index in [-0.39, 0.29) is 18.4 Å². The van der Waals surface area contributed by atoms with Crippen LogP contribution in [0.15, 0.2) is 0 Å². The molecule has 1 fully saturated rings. The standard InChI is InChI=1S/C12H23N3O3/c1-8(2)9(5-6-13)3-4-11(16)14-10-7-18-15-12(10)17/h8-10H,3-7,13H2,1-2H3,(H,14,16)(H,15,17)/t9?,10-/m1/s1. The molecular weight excluding hydrogens is 234 g/mol. The van der Waals surface area contributed by atoms with E-state index in [0.29, 0.717) is 24.8 Å². The van der Waals surface area contributed by atoms with Gasteiger partial charge in [-0.3, -0.25) is 14.4 Å². The molecule has 0 aromatic carbocycles. The topological polar surface area (TPSA) is 93.5 Å². The molecule has 0 aromatic rings. The van der Waals surface area contributed by atoms with E-state index in [4.69, 9.17) is 10.6 Å². The van der Waals surface area contributed by atoms with Crippen LogP contribution in [0.2, 0.25) is 0 Å². The summed E-state index contributed by atoms with van der Waals surface area (Å²) in [6.07, 6.45) is 2.15. The van der Waals surface area contributed by atoms with Crippen LogP contribution >= 0.6 is 0 Å². The smallest absolute Gasteiger partial charge is 0.268 e. The Kier molecular flexibility index (Phi) is 6.07. The van der Waals surface area contributed by atoms with Crippen molar-refractivity contribution in [2.75, 3.05) is 13.2 Å². The molecular formula is C12H23N3O3. The highest BCUT2D eigenvalue weighted by Crippen LogP contribution is 2.20. The molecule has 4 N–H and O–H groups in total. The maximum absolute atomic E-state index is 11.7. The van der Waals surface area contributed by atoms with Crippen LogP contribution in [0.4, 0.5) is 0 Å². The molecule has 18 heavy (non-hydrogen) atoms. The fourth-order valence-electron chi connectivity index (χ4n) is 2.06. The van der Waals surface area contributed by atoms with Crippen molar-refractivity contribution in [3.05, 3.63) is 0 Å². The Balaban J connectivity index is 2.29. The summed E-state index contributed by atoms with van der Waals surface area (Å²) in [5.74, 6) is 0.572. The van der Waals surface area contributed by atoms with Gasteiger partial charge in [-0.2, -0.15) is 0 Å². The Morgan fingerprint density at radius 3 is 2.78 bits per heavy atom. The van der Waals surface area contributed by atoms with Gasteiger partial charge in [0.2, 0.25) is 5.91 Å². The van der Waals surface area contributed by atoms with Gasteiger partial charge in [-0.1, -0.05) is 13.8 Å². The first kappa shape index (κ1) is 14.9. The van der Waals surface area contributed by atoms with E-state index in [0.717, 1.165) is 12.8 Å². The van der Waals surface area contributed by atoms with Crippen LogP contribution in [0.5, 0.6) is 0 Å². The molecule has 0 aliphatic carbocycles. The lowest BCUT2D eigenvalue weighted by molar-refractivity contribution is -0.128. The van der Waals surface area contributed by atoms with Gasteiger partial charge in [0.05, 0.1) is 0 Å². The molecule has 6 heteroatoms. The number of hydroxylamine groups is 1. The lowest BCUT2D eigenvalue weighted by atomic mass is 9.88. The van der Waals surface area contributed by atoms with Gasteiger partial charge < -0.3 is 11.1 Å². The number of rotatable bonds is 7. The normalized spacial score (nSPS) is 20.9. The van der Waals surface area contributed by atoms with E-state index in [9.17, 15) is 9.59 Å². The number of hydrogen-bond acceptors (Lipinski definition) is 4. The molecule has 0 saturated carbocycles. The predicted octanol–water partition coefficient (Wildman–Crippen LogP) is -0.0662. The Morgan fingerprint density at radius 1 is 1.56 bits per heavy atom. The summed E-state index contributed by atoms with van der Waals surface area (Å²) in [6.45, 7) is 5.11. The minimum absolute atomic E-state index is 0.108. The molecule has 1 aliphatic heterocycles. The van der Waals surface area contributed by atoms with Crippen LogP contribution in [0.3, 0.4) is 0 Å². The molecule has 1 heterocycles. The van der Waals surface area contributed by atoms with Crippen molar-refractivity contribution in [3.8, 4) is 0 Å². The van der Waals surface area contributed by atoms with Gasteiger partial charge in [0.15, 0.2) is 0 Å². The lowest BCUT2D eigenvalue weighted by Gasteiger charge is -2.20. The minimum Gasteiger partial charge on any atom is -0.342 e. The Bertz CT molecular complexity index is 294. The Labute approximate surface area is 108 Å². The average molecular weight is 257 g/mol. The maximum Gasteiger partial charge on any atom is 0.268 e. The number of amides is 2. The minimum atomic E-state index is -0.551. The third-order valence-corrected chi connectivity index (χ3v) is 3.30. The first-order valence-electron chi connectivity index (χ1n) is 6.45. The SMILES string of the molecule is CC(C)C(CCN)CCC(=O)N[C@@H]1CONC1=O. The van der Waals surface area contributed by atoms with Gasteiger partial charge in [-0.05, 0) is 31.2 Å². The molecule has 0 spiro atoms. The molecule has 2 atom stereocenters. The molecule has 2 amide bonds. The van der Waals surface area contributed by atoms with Crippen molar-refractivity contribution < 1.29 is 14.4 Å². The second kappa shape index (κ2) is 7.33. The summed E-state index contributed by atoms with van der Waals surface area (Å²) < 4.78 is 0. The van der Waals surface area contributed by atoms with Gasteiger partial charge >= 0.3 is 0 Å². The Hall–Kier alpha value is -1.14. The maximum atomic E-state index is 11.7. The molecule has 0 radical (unpaired) electrons. The number of nitrogens with two attached hydrogens (primary N) is 1. The molecule has 0 aromatic heterocycles. The van der Waals surface area contributed by atoms with Crippen LogP contribution < -0.4 is 16.5 Å². The van der Waals surface area contributed by atoms with E-state index in [1.807, 2.05) is 0 Å². The monoisotopic (exact) mass is 257 g/mol. The number of hydrogen-bond donors (Lipinski definition) is 3. The van der Waals surface area contributed by atoms with Gasteiger partial charge in [0.25, 0.3) is 5.91 Å². The first-order chi connectivity index (χ1) is 8.54. The lowest BCUT2D eigenvalue weighted by Crippen LogP contribution is -2.41. The second-order valence-corrected chi connectivity index (χ2v) is 5.02. The summed E-state index contributed by atoms with van der Waals surface area (Å²) in [6, 6.07) is -0.551. The van der Waals surface area contributed by atoms with Crippen LogP contribution in [0.1, 0.15) is 33.1 Å². The van der Waals surface area contributed by atoms with Crippen molar-refractivity contribution in [1.82, 2.24) is 10.8 Å². The molecule has 1 saturated heterocycles. The summed E-state index contributed by atoms with van der Waals surface area (Å²) in [4.78, 5) is 27.6. The van der Waals surface area contributed by atoms with E-state index in [1.165, 1.54) is 0 Å². The average Bonchev–Trinajstić information content (AvgIpc) is 2.70. The van der Waals surface area contributed by atoms with Crippen LogP contribution in [0.25, 0.3) is 0 Å². The van der Waals surface area contributed by atoms with Crippen molar-refractivity contribution >= 4 is 11.8 Å². The molecule has 1 unspecified atom stereocenters.